The number of amides is 1. The van der Waals surface area contributed by atoms with Crippen molar-refractivity contribution in [1.82, 2.24) is 19.9 Å². The van der Waals surface area contributed by atoms with E-state index in [4.69, 9.17) is 4.74 Å². The number of hydrogen-bond donors (Lipinski definition) is 1. The minimum absolute atomic E-state index is 0.0625. The molecule has 1 saturated heterocycles. The second-order valence-electron chi connectivity index (χ2n) is 6.56. The van der Waals surface area contributed by atoms with Gasteiger partial charge < -0.3 is 14.6 Å². The van der Waals surface area contributed by atoms with Crippen LogP contribution in [-0.4, -0.2) is 34.1 Å². The first-order chi connectivity index (χ1) is 14.2. The van der Waals surface area contributed by atoms with Crippen LogP contribution < -0.4 is 10.1 Å². The van der Waals surface area contributed by atoms with Gasteiger partial charge in [0.05, 0.1) is 30.2 Å². The van der Waals surface area contributed by atoms with Gasteiger partial charge in [-0.15, -0.1) is 0 Å². The van der Waals surface area contributed by atoms with Crippen LogP contribution in [0.15, 0.2) is 30.6 Å². The molecule has 3 heterocycles. The first-order valence-corrected chi connectivity index (χ1v) is 8.99. The molecule has 0 unspecified atom stereocenters. The summed E-state index contributed by atoms with van der Waals surface area (Å²) in [5, 5.41) is 11.9. The van der Waals surface area contributed by atoms with E-state index in [1.54, 1.807) is 17.7 Å². The summed E-state index contributed by atoms with van der Waals surface area (Å²) < 4.78 is 46.0. The molecule has 0 atom stereocenters. The van der Waals surface area contributed by atoms with Crippen LogP contribution in [0.5, 0.6) is 5.75 Å². The number of ether oxygens (including phenoxy) is 1. The van der Waals surface area contributed by atoms with Gasteiger partial charge in [0.15, 0.2) is 5.69 Å². The zero-order chi connectivity index (χ0) is 21.9. The van der Waals surface area contributed by atoms with Crippen molar-refractivity contribution in [2.45, 2.75) is 19.0 Å². The number of aromatic nitrogens is 3. The lowest BCUT2D eigenvalue weighted by Gasteiger charge is -2.13. The summed E-state index contributed by atoms with van der Waals surface area (Å²) in [6.07, 6.45) is -1.28. The molecular formula is C20H18F3N5O2. The van der Waals surface area contributed by atoms with Gasteiger partial charge in [-0.1, -0.05) is 0 Å². The van der Waals surface area contributed by atoms with Crippen molar-refractivity contribution in [1.29, 1.82) is 5.26 Å². The number of hydrogen-bond acceptors (Lipinski definition) is 5. The molecule has 2 aromatic heterocycles. The predicted molar refractivity (Wildman–Crippen MR) is 102 cm³/mol. The molecule has 0 bridgehead atoms. The van der Waals surface area contributed by atoms with E-state index in [1.807, 2.05) is 6.07 Å². The quantitative estimate of drug-likeness (QED) is 0.690. The fourth-order valence-corrected chi connectivity index (χ4v) is 3.01. The summed E-state index contributed by atoms with van der Waals surface area (Å²) in [6.45, 7) is 0.888. The molecule has 1 aliphatic rings. The van der Waals surface area contributed by atoms with Crippen molar-refractivity contribution in [2.75, 3.05) is 13.7 Å². The zero-order valence-electron chi connectivity index (χ0n) is 16.2. The topological polar surface area (TPSA) is 92.8 Å². The number of aryl methyl sites for hydroxylation is 1. The first-order valence-electron chi connectivity index (χ1n) is 8.99. The lowest BCUT2D eigenvalue weighted by molar-refractivity contribution is -0.138. The third-order valence-electron chi connectivity index (χ3n) is 4.52. The Morgan fingerprint density at radius 1 is 1.30 bits per heavy atom. The first kappa shape index (κ1) is 21.1. The predicted octanol–water partition coefficient (Wildman–Crippen LogP) is 3.43. The molecule has 3 aromatic rings. The number of fused-ring (bicyclic) bond motifs is 1. The number of nitrogens with zero attached hydrogens (tertiary/aromatic N) is 4. The Kier molecular flexibility index (Phi) is 5.91. The van der Waals surface area contributed by atoms with Crippen molar-refractivity contribution in [3.8, 4) is 23.1 Å². The van der Waals surface area contributed by atoms with Crippen LogP contribution in [0.25, 0.3) is 22.3 Å². The fraction of sp³-hybridized carbons (Fsp3) is 0.300. The Morgan fingerprint density at radius 2 is 2.07 bits per heavy atom. The Labute approximate surface area is 170 Å². The number of nitrogens with one attached hydrogen (secondary N) is 1. The Balaban J connectivity index is 0.000000367. The van der Waals surface area contributed by atoms with Crippen LogP contribution in [-0.2, 0) is 18.0 Å². The number of pyridine rings is 1. The summed E-state index contributed by atoms with van der Waals surface area (Å²) in [5.41, 5.74) is 0.688. The van der Waals surface area contributed by atoms with Gasteiger partial charge in [0, 0.05) is 25.6 Å². The van der Waals surface area contributed by atoms with Gasteiger partial charge in [-0.3, -0.25) is 4.79 Å². The van der Waals surface area contributed by atoms with Gasteiger partial charge in [0.2, 0.25) is 5.91 Å². The number of alkyl halides is 3. The number of methoxy groups -OCH3 is 1. The lowest BCUT2D eigenvalue weighted by atomic mass is 10.1. The van der Waals surface area contributed by atoms with Crippen LogP contribution in [0.1, 0.15) is 24.1 Å². The molecule has 1 N–H and O–H groups in total. The number of benzene rings is 1. The van der Waals surface area contributed by atoms with Crippen LogP contribution >= 0.6 is 0 Å². The molecule has 0 aliphatic carbocycles. The molecular weight excluding hydrogens is 399 g/mol. The standard InChI is InChI=1S/C16H11F3N4O.C4H7NO/c1-23-8-21-15-12(7-20)22-11(6-13(15)23)9-3-4-14(24-2)10(5-9)16(17,18)19;6-4-2-1-3-5-4/h3-6,8H,1-2H3;1-3H2,(H,5,6). The molecule has 7 nitrogen and oxygen atoms in total. The van der Waals surface area contributed by atoms with Crippen LogP contribution in [0.4, 0.5) is 13.2 Å². The number of imidazole rings is 1. The van der Waals surface area contributed by atoms with Gasteiger partial charge in [0.25, 0.3) is 0 Å². The monoisotopic (exact) mass is 417 g/mol. The number of carbonyl (C=O) groups is 1. The molecule has 0 spiro atoms. The van der Waals surface area contributed by atoms with Crippen molar-refractivity contribution in [2.24, 2.45) is 7.05 Å². The molecule has 1 aliphatic heterocycles. The van der Waals surface area contributed by atoms with Gasteiger partial charge in [0.1, 0.15) is 17.3 Å². The molecule has 1 amide bonds. The number of halogens is 3. The lowest BCUT2D eigenvalue weighted by Crippen LogP contribution is -2.12. The highest BCUT2D eigenvalue weighted by Crippen LogP contribution is 2.38. The second kappa shape index (κ2) is 8.41. The van der Waals surface area contributed by atoms with E-state index < -0.39 is 11.7 Å². The van der Waals surface area contributed by atoms with Crippen molar-refractivity contribution in [3.63, 3.8) is 0 Å². The molecule has 4 rings (SSSR count). The Bertz CT molecular complexity index is 1120. The van der Waals surface area contributed by atoms with Gasteiger partial charge in [-0.05, 0) is 30.7 Å². The van der Waals surface area contributed by atoms with Gasteiger partial charge >= 0.3 is 6.18 Å². The molecule has 10 heteroatoms. The average Bonchev–Trinajstić information content (AvgIpc) is 3.35. The highest BCUT2D eigenvalue weighted by molar-refractivity contribution is 5.84. The third kappa shape index (κ3) is 4.35. The van der Waals surface area contributed by atoms with E-state index in [1.165, 1.54) is 25.6 Å². The van der Waals surface area contributed by atoms with E-state index in [0.29, 0.717) is 11.0 Å². The van der Waals surface area contributed by atoms with Gasteiger partial charge in [-0.25, -0.2) is 9.97 Å². The third-order valence-corrected chi connectivity index (χ3v) is 4.52. The van der Waals surface area contributed by atoms with E-state index >= 15 is 0 Å². The normalized spacial score (nSPS) is 13.4. The highest BCUT2D eigenvalue weighted by Gasteiger charge is 2.34. The maximum absolute atomic E-state index is 13.2. The minimum Gasteiger partial charge on any atom is -0.496 e. The number of nitriles is 1. The van der Waals surface area contributed by atoms with E-state index in [0.717, 1.165) is 25.5 Å². The van der Waals surface area contributed by atoms with Gasteiger partial charge in [-0.2, -0.15) is 18.4 Å². The molecule has 0 saturated carbocycles. The van der Waals surface area contributed by atoms with E-state index in [2.05, 4.69) is 15.3 Å². The zero-order valence-corrected chi connectivity index (χ0v) is 16.2. The Morgan fingerprint density at radius 3 is 2.60 bits per heavy atom. The summed E-state index contributed by atoms with van der Waals surface area (Å²) in [6, 6.07) is 7.20. The molecule has 156 valence electrons. The molecule has 0 radical (unpaired) electrons. The maximum atomic E-state index is 13.2. The molecule has 1 aromatic carbocycles. The van der Waals surface area contributed by atoms with Crippen molar-refractivity contribution in [3.05, 3.63) is 41.9 Å². The average molecular weight is 417 g/mol. The largest absolute Gasteiger partial charge is 0.496 e. The molecule has 1 fully saturated rings. The summed E-state index contributed by atoms with van der Waals surface area (Å²) in [4.78, 5) is 18.4. The smallest absolute Gasteiger partial charge is 0.419 e. The Hall–Kier alpha value is -3.61. The van der Waals surface area contributed by atoms with Crippen LogP contribution in [0, 0.1) is 11.3 Å². The maximum Gasteiger partial charge on any atom is 0.419 e. The van der Waals surface area contributed by atoms with Crippen molar-refractivity contribution < 1.29 is 22.7 Å². The molecule has 30 heavy (non-hydrogen) atoms. The van der Waals surface area contributed by atoms with Crippen LogP contribution in [0.2, 0.25) is 0 Å². The second-order valence-corrected chi connectivity index (χ2v) is 6.56. The van der Waals surface area contributed by atoms with Crippen LogP contribution in [0.3, 0.4) is 0 Å². The SMILES string of the molecule is COc1ccc(-c2cc3c(ncn3C)c(C#N)n2)cc1C(F)(F)F.O=C1CCCN1. The number of rotatable bonds is 2. The number of carbonyl (C=O) groups excluding carboxylic acids is 1. The van der Waals surface area contributed by atoms with E-state index in [9.17, 15) is 23.2 Å². The summed E-state index contributed by atoms with van der Waals surface area (Å²) in [5.74, 6) is -0.0663. The van der Waals surface area contributed by atoms with E-state index in [-0.39, 0.29) is 28.6 Å². The minimum atomic E-state index is -4.56. The summed E-state index contributed by atoms with van der Waals surface area (Å²) >= 11 is 0. The fourth-order valence-electron chi connectivity index (χ4n) is 3.01. The highest BCUT2D eigenvalue weighted by atomic mass is 19.4. The van der Waals surface area contributed by atoms with Crippen molar-refractivity contribution >= 4 is 16.9 Å². The summed E-state index contributed by atoms with van der Waals surface area (Å²) in [7, 11) is 2.91.